The van der Waals surface area contributed by atoms with Crippen molar-refractivity contribution in [2.24, 2.45) is 0 Å². The summed E-state index contributed by atoms with van der Waals surface area (Å²) in [5, 5.41) is 10.4. The van der Waals surface area contributed by atoms with Gasteiger partial charge in [-0.05, 0) is 30.7 Å². The molecular formula is C15H14FNO3S. The lowest BCUT2D eigenvalue weighted by Crippen LogP contribution is -2.10. The third kappa shape index (κ3) is 4.06. The normalized spacial score (nSPS) is 11.7. The van der Waals surface area contributed by atoms with Gasteiger partial charge in [-0.3, -0.25) is 4.72 Å². The van der Waals surface area contributed by atoms with E-state index in [1.165, 1.54) is 18.2 Å². The van der Waals surface area contributed by atoms with Crippen LogP contribution < -0.4 is 4.72 Å². The van der Waals surface area contributed by atoms with Gasteiger partial charge in [0, 0.05) is 0 Å². The summed E-state index contributed by atoms with van der Waals surface area (Å²) in [7, 11) is -3.92. The molecule has 0 aliphatic carbocycles. The number of aryl methyl sites for hydroxylation is 1. The third-order valence-corrected chi connectivity index (χ3v) is 3.74. The summed E-state index contributed by atoms with van der Waals surface area (Å²) < 4.78 is 39.2. The first-order chi connectivity index (χ1) is 9.87. The van der Waals surface area contributed by atoms with E-state index < -0.39 is 27.3 Å². The van der Waals surface area contributed by atoms with Crippen molar-refractivity contribution in [3.63, 3.8) is 0 Å². The molecular weight excluding hydrogens is 293 g/mol. The van der Waals surface area contributed by atoms with Crippen LogP contribution in [0.2, 0.25) is 0 Å². The van der Waals surface area contributed by atoms with Crippen molar-refractivity contribution < 1.29 is 17.9 Å². The van der Waals surface area contributed by atoms with Gasteiger partial charge in [-0.25, -0.2) is 12.8 Å². The first kappa shape index (κ1) is 15.1. The first-order valence-electron chi connectivity index (χ1n) is 6.12. The SMILES string of the molecule is Cc1ccc(/C=C/S(=O)(=O)Nc2c(O)cccc2F)cc1. The molecule has 0 aliphatic rings. The molecule has 0 aromatic heterocycles. The number of nitrogens with one attached hydrogen (secondary N) is 1. The van der Waals surface area contributed by atoms with E-state index in [0.717, 1.165) is 17.0 Å². The number of halogens is 1. The van der Waals surface area contributed by atoms with Crippen molar-refractivity contribution >= 4 is 21.8 Å². The van der Waals surface area contributed by atoms with Crippen molar-refractivity contribution in [1.29, 1.82) is 0 Å². The molecule has 0 aliphatic heterocycles. The minimum Gasteiger partial charge on any atom is -0.506 e. The molecule has 2 aromatic rings. The lowest BCUT2D eigenvalue weighted by molar-refractivity contribution is 0.472. The number of phenolic OH excluding ortho intramolecular Hbond substituents is 1. The maximum atomic E-state index is 13.5. The van der Waals surface area contributed by atoms with Gasteiger partial charge in [-0.1, -0.05) is 35.9 Å². The van der Waals surface area contributed by atoms with Crippen LogP contribution in [-0.4, -0.2) is 13.5 Å². The van der Waals surface area contributed by atoms with Gasteiger partial charge < -0.3 is 5.11 Å². The highest BCUT2D eigenvalue weighted by molar-refractivity contribution is 7.95. The van der Waals surface area contributed by atoms with Crippen molar-refractivity contribution in [3.8, 4) is 5.75 Å². The number of phenols is 1. The summed E-state index contributed by atoms with van der Waals surface area (Å²) in [4.78, 5) is 0. The van der Waals surface area contributed by atoms with Crippen LogP contribution in [0.5, 0.6) is 5.75 Å². The standard InChI is InChI=1S/C15H14FNO3S/c1-11-5-7-12(8-6-11)9-10-21(19,20)17-15-13(16)3-2-4-14(15)18/h2-10,17-18H,1H3/b10-9+. The molecule has 21 heavy (non-hydrogen) atoms. The summed E-state index contributed by atoms with van der Waals surface area (Å²) in [6.07, 6.45) is 1.39. The Balaban J connectivity index is 2.21. The second kappa shape index (κ2) is 5.97. The fourth-order valence-corrected chi connectivity index (χ4v) is 2.53. The summed E-state index contributed by atoms with van der Waals surface area (Å²) in [5.41, 5.74) is 1.29. The zero-order valence-corrected chi connectivity index (χ0v) is 12.1. The van der Waals surface area contributed by atoms with E-state index in [-0.39, 0.29) is 0 Å². The molecule has 0 bridgehead atoms. The second-order valence-corrected chi connectivity index (χ2v) is 6.06. The minimum atomic E-state index is -3.92. The molecule has 2 aromatic carbocycles. The summed E-state index contributed by atoms with van der Waals surface area (Å²) >= 11 is 0. The molecule has 2 rings (SSSR count). The average Bonchev–Trinajstić information content (AvgIpc) is 2.43. The number of hydrogen-bond donors (Lipinski definition) is 2. The number of hydrogen-bond acceptors (Lipinski definition) is 3. The van der Waals surface area contributed by atoms with Crippen LogP contribution in [0.1, 0.15) is 11.1 Å². The molecule has 0 atom stereocenters. The van der Waals surface area contributed by atoms with Crippen LogP contribution in [0.3, 0.4) is 0 Å². The van der Waals surface area contributed by atoms with Gasteiger partial charge in [0.05, 0.1) is 5.41 Å². The smallest absolute Gasteiger partial charge is 0.255 e. The van der Waals surface area contributed by atoms with E-state index in [1.807, 2.05) is 23.8 Å². The van der Waals surface area contributed by atoms with Crippen LogP contribution in [0.15, 0.2) is 47.9 Å². The zero-order valence-electron chi connectivity index (χ0n) is 11.2. The van der Waals surface area contributed by atoms with Gasteiger partial charge in [-0.15, -0.1) is 0 Å². The van der Waals surface area contributed by atoms with Crippen LogP contribution >= 0.6 is 0 Å². The summed E-state index contributed by atoms with van der Waals surface area (Å²) in [5.74, 6) is -1.32. The molecule has 0 amide bonds. The highest BCUT2D eigenvalue weighted by Crippen LogP contribution is 2.27. The molecule has 110 valence electrons. The van der Waals surface area contributed by atoms with Gasteiger partial charge in [-0.2, -0.15) is 0 Å². The third-order valence-electron chi connectivity index (χ3n) is 2.75. The van der Waals surface area contributed by atoms with Gasteiger partial charge in [0.1, 0.15) is 11.4 Å². The van der Waals surface area contributed by atoms with E-state index in [1.54, 1.807) is 12.1 Å². The highest BCUT2D eigenvalue weighted by Gasteiger charge is 2.13. The Hall–Kier alpha value is -2.34. The summed E-state index contributed by atoms with van der Waals surface area (Å²) in [6, 6.07) is 10.8. The molecule has 0 spiro atoms. The van der Waals surface area contributed by atoms with Crippen LogP contribution in [0.4, 0.5) is 10.1 Å². The van der Waals surface area contributed by atoms with Crippen molar-refractivity contribution in [3.05, 3.63) is 64.8 Å². The predicted octanol–water partition coefficient (Wildman–Crippen LogP) is 3.25. The molecule has 0 saturated carbocycles. The Bertz CT molecular complexity index is 748. The van der Waals surface area contributed by atoms with Crippen molar-refractivity contribution in [2.75, 3.05) is 4.72 Å². The van der Waals surface area contributed by atoms with E-state index >= 15 is 0 Å². The fraction of sp³-hybridized carbons (Fsp3) is 0.0667. The Morgan fingerprint density at radius 3 is 2.43 bits per heavy atom. The lowest BCUT2D eigenvalue weighted by Gasteiger charge is -2.07. The highest BCUT2D eigenvalue weighted by atomic mass is 32.2. The van der Waals surface area contributed by atoms with Crippen LogP contribution in [-0.2, 0) is 10.0 Å². The number of benzene rings is 2. The number of anilines is 1. The topological polar surface area (TPSA) is 66.4 Å². The minimum absolute atomic E-state index is 0.467. The molecule has 0 heterocycles. The summed E-state index contributed by atoms with van der Waals surface area (Å²) in [6.45, 7) is 1.92. The molecule has 0 radical (unpaired) electrons. The largest absolute Gasteiger partial charge is 0.506 e. The lowest BCUT2D eigenvalue weighted by atomic mass is 10.2. The Kier molecular flexibility index (Phi) is 4.28. The van der Waals surface area contributed by atoms with Crippen molar-refractivity contribution in [1.82, 2.24) is 0 Å². The van der Waals surface area contributed by atoms with Crippen LogP contribution in [0.25, 0.3) is 6.08 Å². The molecule has 6 heteroatoms. The monoisotopic (exact) mass is 307 g/mol. The maximum Gasteiger partial charge on any atom is 0.255 e. The van der Waals surface area contributed by atoms with E-state index in [2.05, 4.69) is 0 Å². The molecule has 4 nitrogen and oxygen atoms in total. The maximum absolute atomic E-state index is 13.5. The van der Waals surface area contributed by atoms with Crippen molar-refractivity contribution in [2.45, 2.75) is 6.92 Å². The Labute approximate surface area is 122 Å². The quantitative estimate of drug-likeness (QED) is 0.852. The molecule has 2 N–H and O–H groups in total. The van der Waals surface area contributed by atoms with Gasteiger partial charge in [0.15, 0.2) is 5.82 Å². The average molecular weight is 307 g/mol. The van der Waals surface area contributed by atoms with Gasteiger partial charge in [0.25, 0.3) is 10.0 Å². The Morgan fingerprint density at radius 1 is 1.14 bits per heavy atom. The Morgan fingerprint density at radius 2 is 1.81 bits per heavy atom. The number of rotatable bonds is 4. The number of sulfonamides is 1. The predicted molar refractivity (Wildman–Crippen MR) is 80.8 cm³/mol. The number of para-hydroxylation sites is 1. The second-order valence-electron chi connectivity index (χ2n) is 4.49. The molecule has 0 fully saturated rings. The van der Waals surface area contributed by atoms with Gasteiger partial charge >= 0.3 is 0 Å². The van der Waals surface area contributed by atoms with Gasteiger partial charge in [0.2, 0.25) is 0 Å². The van der Waals surface area contributed by atoms with E-state index in [4.69, 9.17) is 0 Å². The van der Waals surface area contributed by atoms with Crippen LogP contribution in [0, 0.1) is 12.7 Å². The molecule has 0 saturated heterocycles. The van der Waals surface area contributed by atoms with E-state index in [9.17, 15) is 17.9 Å². The molecule has 0 unspecified atom stereocenters. The number of aromatic hydroxyl groups is 1. The first-order valence-corrected chi connectivity index (χ1v) is 7.67. The van der Waals surface area contributed by atoms with E-state index in [0.29, 0.717) is 5.56 Å². The fourth-order valence-electron chi connectivity index (χ4n) is 1.64. The zero-order chi connectivity index (χ0) is 15.5.